The third-order valence-corrected chi connectivity index (χ3v) is 2.69. The number of ether oxygens (including phenoxy) is 1. The summed E-state index contributed by atoms with van der Waals surface area (Å²) >= 11 is 0. The minimum absolute atomic E-state index is 0.0603. The third-order valence-electron chi connectivity index (χ3n) is 2.69. The number of aliphatic hydroxyl groups excluding tert-OH is 1. The predicted molar refractivity (Wildman–Crippen MR) is 70.2 cm³/mol. The Kier molecular flexibility index (Phi) is 3.95. The van der Waals surface area contributed by atoms with Gasteiger partial charge >= 0.3 is 0 Å². The fraction of sp³-hybridized carbons (Fsp3) is 0.143. The lowest BCUT2D eigenvalue weighted by Gasteiger charge is -2.09. The van der Waals surface area contributed by atoms with Crippen LogP contribution in [-0.2, 0) is 0 Å². The van der Waals surface area contributed by atoms with Crippen LogP contribution in [0.25, 0.3) is 0 Å². The maximum atomic E-state index is 13.8. The molecule has 0 fully saturated rings. The zero-order valence-corrected chi connectivity index (χ0v) is 10.6. The predicted octanol–water partition coefficient (Wildman–Crippen LogP) is 3.58. The molecule has 1 N–H and O–H groups in total. The molecule has 0 saturated heterocycles. The first-order valence-electron chi connectivity index (χ1n) is 5.87. The molecule has 2 rings (SSSR count). The molecule has 0 aromatic heterocycles. The van der Waals surface area contributed by atoms with E-state index in [0.717, 1.165) is 6.07 Å². The standard InChI is InChI=1S/C14H12FNO4/c1-9(17)10-5-6-14(13(15)7-10)20-12-4-2-3-11(8-12)16(18)19/h2-9,17H,1H3/t9-/m0/s1. The Bertz CT molecular complexity index is 643. The van der Waals surface area contributed by atoms with Gasteiger partial charge in [0.05, 0.1) is 17.1 Å². The summed E-state index contributed by atoms with van der Waals surface area (Å²) in [5, 5.41) is 20.0. The van der Waals surface area contributed by atoms with Gasteiger partial charge in [0.25, 0.3) is 5.69 Å². The molecule has 0 unspecified atom stereocenters. The molecule has 2 aromatic rings. The van der Waals surface area contributed by atoms with Gasteiger partial charge in [-0.1, -0.05) is 12.1 Å². The Morgan fingerprint density at radius 2 is 2.05 bits per heavy atom. The van der Waals surface area contributed by atoms with Crippen molar-refractivity contribution in [3.05, 3.63) is 64.0 Å². The summed E-state index contributed by atoms with van der Waals surface area (Å²) in [7, 11) is 0. The van der Waals surface area contributed by atoms with Crippen molar-refractivity contribution in [2.75, 3.05) is 0 Å². The lowest BCUT2D eigenvalue weighted by Crippen LogP contribution is -1.95. The Balaban J connectivity index is 2.26. The molecule has 0 bridgehead atoms. The number of aliphatic hydroxyl groups is 1. The Morgan fingerprint density at radius 3 is 2.65 bits per heavy atom. The highest BCUT2D eigenvalue weighted by Crippen LogP contribution is 2.28. The summed E-state index contributed by atoms with van der Waals surface area (Å²) in [4.78, 5) is 10.1. The first-order valence-corrected chi connectivity index (χ1v) is 5.87. The minimum Gasteiger partial charge on any atom is -0.454 e. The van der Waals surface area contributed by atoms with Crippen molar-refractivity contribution in [3.63, 3.8) is 0 Å². The van der Waals surface area contributed by atoms with E-state index in [9.17, 15) is 19.6 Å². The number of rotatable bonds is 4. The average Bonchev–Trinajstić information content (AvgIpc) is 2.41. The molecule has 0 heterocycles. The molecule has 0 aliphatic carbocycles. The van der Waals surface area contributed by atoms with Gasteiger partial charge in [0.2, 0.25) is 0 Å². The summed E-state index contributed by atoms with van der Waals surface area (Å²) in [5.74, 6) is -0.535. The highest BCUT2D eigenvalue weighted by Gasteiger charge is 2.11. The highest BCUT2D eigenvalue weighted by atomic mass is 19.1. The highest BCUT2D eigenvalue weighted by molar-refractivity contribution is 5.41. The van der Waals surface area contributed by atoms with Gasteiger partial charge in [-0.05, 0) is 30.7 Å². The second-order valence-corrected chi connectivity index (χ2v) is 4.22. The van der Waals surface area contributed by atoms with Gasteiger partial charge in [0.1, 0.15) is 5.75 Å². The normalized spacial score (nSPS) is 11.9. The van der Waals surface area contributed by atoms with Crippen LogP contribution < -0.4 is 4.74 Å². The van der Waals surface area contributed by atoms with Gasteiger partial charge in [0.15, 0.2) is 11.6 Å². The van der Waals surface area contributed by atoms with Gasteiger partial charge in [-0.25, -0.2) is 4.39 Å². The number of nitro benzene ring substituents is 1. The third kappa shape index (κ3) is 3.10. The maximum absolute atomic E-state index is 13.8. The molecular formula is C14H12FNO4. The molecule has 0 radical (unpaired) electrons. The molecule has 2 aromatic carbocycles. The van der Waals surface area contributed by atoms with Crippen LogP contribution in [0, 0.1) is 15.9 Å². The van der Waals surface area contributed by atoms with Crippen LogP contribution in [-0.4, -0.2) is 10.0 Å². The maximum Gasteiger partial charge on any atom is 0.273 e. The smallest absolute Gasteiger partial charge is 0.273 e. The van der Waals surface area contributed by atoms with E-state index in [2.05, 4.69) is 0 Å². The Morgan fingerprint density at radius 1 is 1.30 bits per heavy atom. The molecule has 0 aliphatic heterocycles. The van der Waals surface area contributed by atoms with Crippen LogP contribution in [0.4, 0.5) is 10.1 Å². The first-order chi connectivity index (χ1) is 9.47. The van der Waals surface area contributed by atoms with Crippen molar-refractivity contribution >= 4 is 5.69 Å². The molecule has 104 valence electrons. The fourth-order valence-electron chi connectivity index (χ4n) is 1.65. The number of halogens is 1. The second kappa shape index (κ2) is 5.66. The van der Waals surface area contributed by atoms with Crippen molar-refractivity contribution in [2.24, 2.45) is 0 Å². The molecule has 20 heavy (non-hydrogen) atoms. The molecule has 6 heteroatoms. The summed E-state index contributed by atoms with van der Waals surface area (Å²) < 4.78 is 19.1. The van der Waals surface area contributed by atoms with Crippen LogP contribution in [0.5, 0.6) is 11.5 Å². The van der Waals surface area contributed by atoms with Crippen molar-refractivity contribution in [1.82, 2.24) is 0 Å². The Hall–Kier alpha value is -2.47. The molecule has 5 nitrogen and oxygen atoms in total. The second-order valence-electron chi connectivity index (χ2n) is 4.22. The van der Waals surface area contributed by atoms with Gasteiger partial charge in [-0.15, -0.1) is 0 Å². The molecule has 0 aliphatic rings. The fourth-order valence-corrected chi connectivity index (χ4v) is 1.65. The van der Waals surface area contributed by atoms with Crippen molar-refractivity contribution < 1.29 is 19.2 Å². The van der Waals surface area contributed by atoms with Gasteiger partial charge in [0, 0.05) is 6.07 Å². The van der Waals surface area contributed by atoms with Crippen LogP contribution >= 0.6 is 0 Å². The largest absolute Gasteiger partial charge is 0.454 e. The van der Waals surface area contributed by atoms with Gasteiger partial charge in [-0.2, -0.15) is 0 Å². The lowest BCUT2D eigenvalue weighted by molar-refractivity contribution is -0.384. The van der Waals surface area contributed by atoms with E-state index < -0.39 is 16.8 Å². The number of hydrogen-bond donors (Lipinski definition) is 1. The van der Waals surface area contributed by atoms with E-state index in [0.29, 0.717) is 5.56 Å². The summed E-state index contributed by atoms with van der Waals surface area (Å²) in [5.41, 5.74) is 0.289. The Labute approximate surface area is 114 Å². The lowest BCUT2D eigenvalue weighted by atomic mass is 10.1. The summed E-state index contributed by atoms with van der Waals surface area (Å²) in [6.07, 6.45) is -0.781. The zero-order valence-electron chi connectivity index (χ0n) is 10.6. The topological polar surface area (TPSA) is 72.6 Å². The van der Waals surface area contributed by atoms with Crippen LogP contribution in [0.3, 0.4) is 0 Å². The van der Waals surface area contributed by atoms with E-state index in [-0.39, 0.29) is 17.2 Å². The zero-order chi connectivity index (χ0) is 14.7. The SMILES string of the molecule is C[C@H](O)c1ccc(Oc2cccc([N+](=O)[O-])c2)c(F)c1. The van der Waals surface area contributed by atoms with Gasteiger partial charge < -0.3 is 9.84 Å². The van der Waals surface area contributed by atoms with E-state index in [4.69, 9.17) is 4.74 Å². The molecule has 1 atom stereocenters. The number of nitro groups is 1. The van der Waals surface area contributed by atoms with Gasteiger partial charge in [-0.3, -0.25) is 10.1 Å². The summed E-state index contributed by atoms with van der Waals surface area (Å²) in [6, 6.07) is 9.54. The first kappa shape index (κ1) is 14.0. The van der Waals surface area contributed by atoms with Crippen LogP contribution in [0.1, 0.15) is 18.6 Å². The number of benzene rings is 2. The molecular weight excluding hydrogens is 265 g/mol. The van der Waals surface area contributed by atoms with E-state index in [1.807, 2.05) is 0 Å². The van der Waals surface area contributed by atoms with Crippen molar-refractivity contribution in [2.45, 2.75) is 13.0 Å². The van der Waals surface area contributed by atoms with Crippen LogP contribution in [0.2, 0.25) is 0 Å². The number of hydrogen-bond acceptors (Lipinski definition) is 4. The number of non-ortho nitro benzene ring substituents is 1. The molecule has 0 amide bonds. The molecule has 0 saturated carbocycles. The van der Waals surface area contributed by atoms with E-state index >= 15 is 0 Å². The van der Waals surface area contributed by atoms with Crippen molar-refractivity contribution in [3.8, 4) is 11.5 Å². The van der Waals surface area contributed by atoms with E-state index in [1.165, 1.54) is 43.3 Å². The van der Waals surface area contributed by atoms with Crippen molar-refractivity contribution in [1.29, 1.82) is 0 Å². The quantitative estimate of drug-likeness (QED) is 0.684. The summed E-state index contributed by atoms with van der Waals surface area (Å²) in [6.45, 7) is 1.52. The monoisotopic (exact) mass is 277 g/mol. The minimum atomic E-state index is -0.781. The van der Waals surface area contributed by atoms with E-state index in [1.54, 1.807) is 0 Å². The number of nitrogens with zero attached hydrogens (tertiary/aromatic N) is 1. The molecule has 0 spiro atoms. The van der Waals surface area contributed by atoms with Crippen LogP contribution in [0.15, 0.2) is 42.5 Å². The average molecular weight is 277 g/mol.